The van der Waals surface area contributed by atoms with E-state index in [0.717, 1.165) is 0 Å². The lowest BCUT2D eigenvalue weighted by molar-refractivity contribution is -0.554. The van der Waals surface area contributed by atoms with Crippen LogP contribution >= 0.6 is 0 Å². The second-order valence-electron chi connectivity index (χ2n) is 7.69. The summed E-state index contributed by atoms with van der Waals surface area (Å²) in [4.78, 5) is 0. The molecule has 4 nitrogen and oxygen atoms in total. The van der Waals surface area contributed by atoms with E-state index in [9.17, 15) is 101 Å². The van der Waals surface area contributed by atoms with Crippen LogP contribution in [0.15, 0.2) is 0 Å². The Morgan fingerprint density at radius 1 is 0.452 bits per heavy atom. The van der Waals surface area contributed by atoms with Crippen molar-refractivity contribution < 1.29 is 115 Å². The van der Waals surface area contributed by atoms with E-state index in [1.54, 1.807) is 4.74 Å². The van der Waals surface area contributed by atoms with Crippen LogP contribution in [0.2, 0.25) is 0 Å². The number of ether oxygens (including phenoxy) is 3. The number of halogens is 23. The predicted molar refractivity (Wildman–Crippen MR) is 78.5 cm³/mol. The Hall–Kier alpha value is -2.24. The van der Waals surface area contributed by atoms with Gasteiger partial charge in [-0.05, 0) is 0 Å². The van der Waals surface area contributed by atoms with Crippen molar-refractivity contribution in [1.82, 2.24) is 0 Å². The third-order valence-electron chi connectivity index (χ3n) is 4.40. The van der Waals surface area contributed by atoms with Crippen LogP contribution in [0.5, 0.6) is 0 Å². The largest absolute Gasteiger partial charge is 0.525 e. The third-order valence-corrected chi connectivity index (χ3v) is 4.40. The molecular weight excluding hydrogens is 679 g/mol. The second kappa shape index (κ2) is 10.2. The van der Waals surface area contributed by atoms with Crippen molar-refractivity contribution in [3.8, 4) is 6.07 Å². The molecule has 0 aliphatic rings. The van der Waals surface area contributed by atoms with Gasteiger partial charge in [0.1, 0.15) is 6.07 Å². The van der Waals surface area contributed by atoms with Gasteiger partial charge in [0.2, 0.25) is 0 Å². The van der Waals surface area contributed by atoms with E-state index < -0.39 is 91.8 Å². The minimum absolute atomic E-state index is 0.946. The molecule has 0 bridgehead atoms. The summed E-state index contributed by atoms with van der Waals surface area (Å²) in [6, 6.07) is -0.946. The Kier molecular flexibility index (Phi) is 9.62. The van der Waals surface area contributed by atoms with Crippen molar-refractivity contribution in [2.75, 3.05) is 0 Å². The number of hydrogen-bond donors (Lipinski definition) is 0. The van der Waals surface area contributed by atoms with Gasteiger partial charge < -0.3 is 0 Å². The van der Waals surface area contributed by atoms with Crippen molar-refractivity contribution in [2.45, 2.75) is 85.8 Å². The van der Waals surface area contributed by atoms with Crippen LogP contribution < -0.4 is 0 Å². The van der Waals surface area contributed by atoms with Crippen molar-refractivity contribution in [1.29, 1.82) is 5.26 Å². The molecule has 0 heterocycles. The molecule has 3 atom stereocenters. The molecule has 0 aliphatic heterocycles. The highest BCUT2D eigenvalue weighted by Gasteiger charge is 2.91. The topological polar surface area (TPSA) is 51.5 Å². The Morgan fingerprint density at radius 2 is 0.833 bits per heavy atom. The minimum Gasteiger partial charge on any atom is -0.272 e. The summed E-state index contributed by atoms with van der Waals surface area (Å²) in [5.41, 5.74) is 0. The van der Waals surface area contributed by atoms with E-state index in [1.165, 1.54) is 9.47 Å². The average Bonchev–Trinajstić information content (AvgIpc) is 2.68. The highest BCUT2D eigenvalue weighted by atomic mass is 19.4. The Labute approximate surface area is 213 Å². The zero-order valence-electron chi connectivity index (χ0n) is 18.9. The molecule has 0 radical (unpaired) electrons. The van der Waals surface area contributed by atoms with Crippen LogP contribution in [0.25, 0.3) is 0 Å². The van der Waals surface area contributed by atoms with Gasteiger partial charge in [-0.15, -0.1) is 13.2 Å². The molecular formula is C15H6F23NO3. The standard InChI is InChI=1S/C15H6F23NO3/c1-4(16,17)7(21,22)9(25,26)10(27,42-15(36,37)38)8(23,24)5(2,18)40-14(34,35)11(28,12(29,30)31)41-13(32,33)6(19,20)3-39/h1-2H3. The summed E-state index contributed by atoms with van der Waals surface area (Å²) in [6.45, 7) is -3.37. The van der Waals surface area contributed by atoms with Gasteiger partial charge >= 0.3 is 66.1 Å². The molecule has 250 valence electrons. The maximum Gasteiger partial charge on any atom is 0.525 e. The molecule has 3 unspecified atom stereocenters. The van der Waals surface area contributed by atoms with Gasteiger partial charge in [0.15, 0.2) is 0 Å². The fourth-order valence-electron chi connectivity index (χ4n) is 2.21. The normalized spacial score (nSPS) is 19.9. The van der Waals surface area contributed by atoms with Gasteiger partial charge in [-0.25, -0.2) is 9.13 Å². The molecule has 0 spiro atoms. The lowest BCUT2D eigenvalue weighted by Crippen LogP contribution is -2.75. The summed E-state index contributed by atoms with van der Waals surface area (Å²) < 4.78 is 312. The van der Waals surface area contributed by atoms with E-state index in [-0.39, 0.29) is 0 Å². The van der Waals surface area contributed by atoms with Gasteiger partial charge in [0.25, 0.3) is 5.85 Å². The van der Waals surface area contributed by atoms with E-state index in [4.69, 9.17) is 5.26 Å². The molecule has 0 rings (SSSR count). The van der Waals surface area contributed by atoms with E-state index >= 15 is 0 Å². The molecule has 0 aromatic carbocycles. The molecule has 0 aromatic heterocycles. The van der Waals surface area contributed by atoms with Crippen LogP contribution in [0.1, 0.15) is 13.8 Å². The Balaban J connectivity index is 7.42. The first kappa shape index (κ1) is 39.8. The van der Waals surface area contributed by atoms with Crippen LogP contribution in [-0.4, -0.2) is 71.9 Å². The highest BCUT2D eigenvalue weighted by Crippen LogP contribution is 2.62. The first-order valence-corrected chi connectivity index (χ1v) is 9.04. The Bertz CT molecular complexity index is 1020. The fraction of sp³-hybridized carbons (Fsp3) is 0.933. The zero-order chi connectivity index (χ0) is 34.8. The molecule has 27 heteroatoms. The number of nitrogens with zero attached hydrogens (tertiary/aromatic N) is 1. The molecule has 0 amide bonds. The van der Waals surface area contributed by atoms with Crippen molar-refractivity contribution in [2.24, 2.45) is 0 Å². The molecule has 0 saturated carbocycles. The fourth-order valence-corrected chi connectivity index (χ4v) is 2.21. The monoisotopic (exact) mass is 685 g/mol. The van der Waals surface area contributed by atoms with E-state index in [1.807, 2.05) is 0 Å². The lowest BCUT2D eigenvalue weighted by Gasteiger charge is -2.46. The first-order valence-electron chi connectivity index (χ1n) is 9.04. The third kappa shape index (κ3) is 6.19. The van der Waals surface area contributed by atoms with Crippen molar-refractivity contribution >= 4 is 0 Å². The average molecular weight is 685 g/mol. The smallest absolute Gasteiger partial charge is 0.272 e. The minimum atomic E-state index is -8.52. The molecule has 0 aliphatic carbocycles. The summed E-state index contributed by atoms with van der Waals surface area (Å²) in [5, 5.41) is 7.73. The molecule has 0 saturated heterocycles. The maximum absolute atomic E-state index is 14.5. The first-order chi connectivity index (χ1) is 17.7. The van der Waals surface area contributed by atoms with Gasteiger partial charge in [-0.1, -0.05) is 0 Å². The highest BCUT2D eigenvalue weighted by molar-refractivity contribution is 5.12. The summed E-state index contributed by atoms with van der Waals surface area (Å²) in [7, 11) is 0. The van der Waals surface area contributed by atoms with Crippen LogP contribution in [0.4, 0.5) is 101 Å². The second-order valence-corrected chi connectivity index (χ2v) is 7.69. The van der Waals surface area contributed by atoms with Crippen molar-refractivity contribution in [3.63, 3.8) is 0 Å². The number of alkyl halides is 23. The van der Waals surface area contributed by atoms with Gasteiger partial charge in [0, 0.05) is 13.8 Å². The van der Waals surface area contributed by atoms with Gasteiger partial charge in [-0.2, -0.15) is 88.7 Å². The molecule has 42 heavy (non-hydrogen) atoms. The summed E-state index contributed by atoms with van der Waals surface area (Å²) in [6.07, 6.45) is -31.4. The SMILES string of the molecule is CC(F)(F)C(F)(F)C(F)(F)C(F)(OC(F)(F)F)C(F)(F)C(C)(F)OC(F)(F)C(F)(OC(F)(F)C(F)(F)C#N)C(F)(F)F. The number of nitriles is 1. The van der Waals surface area contributed by atoms with E-state index in [0.29, 0.717) is 0 Å². The molecule has 0 N–H and O–H groups in total. The molecule has 0 aromatic rings. The van der Waals surface area contributed by atoms with Crippen LogP contribution in [0, 0.1) is 11.3 Å². The Morgan fingerprint density at radius 3 is 1.12 bits per heavy atom. The number of rotatable bonds is 12. The van der Waals surface area contributed by atoms with Crippen LogP contribution in [-0.2, 0) is 14.2 Å². The summed E-state index contributed by atoms with van der Waals surface area (Å²) >= 11 is 0. The van der Waals surface area contributed by atoms with Gasteiger partial charge in [-0.3, -0.25) is 9.47 Å². The predicted octanol–water partition coefficient (Wildman–Crippen LogP) is 8.04. The number of hydrogen-bond acceptors (Lipinski definition) is 4. The quantitative estimate of drug-likeness (QED) is 0.195. The van der Waals surface area contributed by atoms with E-state index in [2.05, 4.69) is 0 Å². The van der Waals surface area contributed by atoms with Gasteiger partial charge in [0.05, 0.1) is 0 Å². The van der Waals surface area contributed by atoms with Crippen LogP contribution in [0.3, 0.4) is 0 Å². The van der Waals surface area contributed by atoms with Crippen molar-refractivity contribution in [3.05, 3.63) is 0 Å². The maximum atomic E-state index is 14.5. The summed E-state index contributed by atoms with van der Waals surface area (Å²) in [5.74, 6) is -62.4. The lowest BCUT2D eigenvalue weighted by atomic mass is 9.90. The molecule has 0 fully saturated rings. The zero-order valence-corrected chi connectivity index (χ0v) is 18.9.